The van der Waals surface area contributed by atoms with Crippen LogP contribution < -0.4 is 0 Å². The standard InChI is InChI=1S/C77H150O17P2/c1-7-10-12-14-15-16-17-25-33-38-43-49-55-61-76(81)93-72(65-87-74(79)59-53-45-13-11-8-2)67-91-95(83,84)89-63-71(78)64-90-96(85,86)92-68-73(66-88-75(80)60-54-48-42-37-32-29-24-26-30-35-40-46-51-57-69(4)5)94-77(82)62-56-50-44-39-34-28-23-21-19-18-20-22-27-31-36-41-47-52-58-70(6)9-3/h69-73,78H,7-68H2,1-6H3,(H,83,84)(H,85,86)/t70?,71-,72+,73+/m0/s1. The van der Waals surface area contributed by atoms with Crippen molar-refractivity contribution in [3.63, 3.8) is 0 Å². The normalized spacial score (nSPS) is 14.3. The van der Waals surface area contributed by atoms with Gasteiger partial charge in [-0.05, 0) is 37.5 Å². The van der Waals surface area contributed by atoms with Crippen molar-refractivity contribution in [1.29, 1.82) is 0 Å². The molecule has 0 aromatic heterocycles. The molecule has 0 aromatic rings. The fourth-order valence-electron chi connectivity index (χ4n) is 11.8. The van der Waals surface area contributed by atoms with Crippen molar-refractivity contribution in [3.8, 4) is 0 Å². The van der Waals surface area contributed by atoms with Gasteiger partial charge in [0.1, 0.15) is 19.3 Å². The quantitative estimate of drug-likeness (QED) is 0.0222. The summed E-state index contributed by atoms with van der Waals surface area (Å²) >= 11 is 0. The Morgan fingerprint density at radius 3 is 0.792 bits per heavy atom. The molecule has 0 saturated carbocycles. The van der Waals surface area contributed by atoms with E-state index in [1.165, 1.54) is 212 Å². The monoisotopic (exact) mass is 1410 g/mol. The molecular formula is C77H150O17P2. The van der Waals surface area contributed by atoms with Gasteiger partial charge in [0.05, 0.1) is 26.4 Å². The first-order chi connectivity index (χ1) is 46.4. The van der Waals surface area contributed by atoms with Gasteiger partial charge in [-0.15, -0.1) is 0 Å². The lowest BCUT2D eigenvalue weighted by Gasteiger charge is -2.21. The zero-order chi connectivity index (χ0) is 70.7. The van der Waals surface area contributed by atoms with Crippen molar-refractivity contribution in [3.05, 3.63) is 0 Å². The van der Waals surface area contributed by atoms with Crippen molar-refractivity contribution in [2.45, 2.75) is 419 Å². The highest BCUT2D eigenvalue weighted by Gasteiger charge is 2.30. The first-order valence-corrected chi connectivity index (χ1v) is 43.0. The highest BCUT2D eigenvalue weighted by atomic mass is 31.2. The van der Waals surface area contributed by atoms with Crippen LogP contribution >= 0.6 is 15.6 Å². The van der Waals surface area contributed by atoms with Crippen molar-refractivity contribution in [2.75, 3.05) is 39.6 Å². The van der Waals surface area contributed by atoms with E-state index in [4.69, 9.17) is 37.0 Å². The van der Waals surface area contributed by atoms with Crippen molar-refractivity contribution in [1.82, 2.24) is 0 Å². The Labute approximate surface area is 588 Å². The highest BCUT2D eigenvalue weighted by Crippen LogP contribution is 2.45. The second-order valence-corrected chi connectivity index (χ2v) is 31.4. The first kappa shape index (κ1) is 94.1. The smallest absolute Gasteiger partial charge is 0.462 e. The summed E-state index contributed by atoms with van der Waals surface area (Å²) in [6, 6.07) is 0. The van der Waals surface area contributed by atoms with Gasteiger partial charge >= 0.3 is 39.5 Å². The van der Waals surface area contributed by atoms with E-state index < -0.39 is 97.5 Å². The minimum absolute atomic E-state index is 0.107. The van der Waals surface area contributed by atoms with Gasteiger partial charge in [0.25, 0.3) is 0 Å². The van der Waals surface area contributed by atoms with Crippen LogP contribution in [0.3, 0.4) is 0 Å². The number of phosphoric ester groups is 2. The lowest BCUT2D eigenvalue weighted by atomic mass is 9.99. The molecule has 0 radical (unpaired) electrons. The number of esters is 4. The number of rotatable bonds is 76. The van der Waals surface area contributed by atoms with Gasteiger partial charge in [-0.25, -0.2) is 9.13 Å². The van der Waals surface area contributed by atoms with Crippen LogP contribution in [-0.4, -0.2) is 96.7 Å². The largest absolute Gasteiger partial charge is 0.472 e. The number of carbonyl (C=O) groups is 4. The Kier molecular flexibility index (Phi) is 67.4. The Morgan fingerprint density at radius 1 is 0.302 bits per heavy atom. The van der Waals surface area contributed by atoms with E-state index in [-0.39, 0.29) is 25.7 Å². The molecule has 0 spiro atoms. The van der Waals surface area contributed by atoms with Gasteiger partial charge < -0.3 is 33.8 Å². The molecule has 0 aliphatic rings. The molecule has 0 bridgehead atoms. The summed E-state index contributed by atoms with van der Waals surface area (Å²) in [5.74, 6) is -0.463. The zero-order valence-electron chi connectivity index (χ0n) is 62.7. The van der Waals surface area contributed by atoms with Gasteiger partial charge in [0.2, 0.25) is 0 Å². The van der Waals surface area contributed by atoms with E-state index in [1.807, 2.05) is 0 Å². The van der Waals surface area contributed by atoms with Gasteiger partial charge in [-0.1, -0.05) is 350 Å². The predicted octanol–water partition coefficient (Wildman–Crippen LogP) is 22.7. The Balaban J connectivity index is 5.12. The van der Waals surface area contributed by atoms with Gasteiger partial charge in [0.15, 0.2) is 12.2 Å². The molecule has 6 atom stereocenters. The van der Waals surface area contributed by atoms with E-state index in [9.17, 15) is 43.2 Å². The SMILES string of the molecule is CCCCCCCCCCCCCCCC(=O)O[C@H](COC(=O)CCCCCCC)COP(=O)(O)OC[C@H](O)COP(=O)(O)OC[C@@H](COC(=O)CCCCCCCCCCCCCCCC(C)C)OC(=O)CCCCCCCCCCCCCCCCCCCCC(C)CC. The molecule has 0 fully saturated rings. The first-order valence-electron chi connectivity index (χ1n) is 40.0. The van der Waals surface area contributed by atoms with Crippen LogP contribution in [0.1, 0.15) is 401 Å². The molecule has 19 heteroatoms. The average Bonchev–Trinajstić information content (AvgIpc) is 1.36. The number of ether oxygens (including phenoxy) is 4. The minimum Gasteiger partial charge on any atom is -0.462 e. The summed E-state index contributed by atoms with van der Waals surface area (Å²) in [6.07, 6.45) is 57.3. The highest BCUT2D eigenvalue weighted by molar-refractivity contribution is 7.47. The molecule has 0 amide bonds. The van der Waals surface area contributed by atoms with Crippen LogP contribution in [0.5, 0.6) is 0 Å². The van der Waals surface area contributed by atoms with Crippen molar-refractivity contribution < 1.29 is 80.2 Å². The van der Waals surface area contributed by atoms with Crippen LogP contribution in [0.4, 0.5) is 0 Å². The van der Waals surface area contributed by atoms with Crippen LogP contribution in [0.25, 0.3) is 0 Å². The number of hydrogen-bond acceptors (Lipinski definition) is 15. The van der Waals surface area contributed by atoms with Gasteiger partial charge in [0, 0.05) is 25.7 Å². The molecule has 0 aliphatic carbocycles. The fraction of sp³-hybridized carbons (Fsp3) is 0.948. The topological polar surface area (TPSA) is 237 Å². The van der Waals surface area contributed by atoms with Crippen LogP contribution in [0.2, 0.25) is 0 Å². The molecule has 570 valence electrons. The summed E-state index contributed by atoms with van der Waals surface area (Å²) in [7, 11) is -9.90. The number of unbranched alkanes of at least 4 members (excludes halogenated alkanes) is 45. The molecule has 0 aliphatic heterocycles. The molecule has 0 saturated heterocycles. The number of aliphatic hydroxyl groups is 1. The maximum absolute atomic E-state index is 13.1. The Morgan fingerprint density at radius 2 is 0.531 bits per heavy atom. The second-order valence-electron chi connectivity index (χ2n) is 28.5. The minimum atomic E-state index is -4.96. The summed E-state index contributed by atoms with van der Waals surface area (Å²) in [5, 5.41) is 10.6. The van der Waals surface area contributed by atoms with Crippen LogP contribution in [0.15, 0.2) is 0 Å². The summed E-state index contributed by atoms with van der Waals surface area (Å²) in [6.45, 7) is 9.60. The van der Waals surface area contributed by atoms with Crippen LogP contribution in [-0.2, 0) is 65.4 Å². The third kappa shape index (κ3) is 69.2. The molecule has 0 rings (SSSR count). The van der Waals surface area contributed by atoms with Gasteiger partial charge in [-0.3, -0.25) is 37.3 Å². The number of phosphoric acid groups is 2. The van der Waals surface area contributed by atoms with Crippen LogP contribution in [0, 0.1) is 11.8 Å². The maximum atomic E-state index is 13.1. The summed E-state index contributed by atoms with van der Waals surface area (Å²) < 4.78 is 68.3. The number of hydrogen-bond donors (Lipinski definition) is 3. The lowest BCUT2D eigenvalue weighted by molar-refractivity contribution is -0.161. The predicted molar refractivity (Wildman–Crippen MR) is 391 cm³/mol. The molecular weight excluding hydrogens is 1260 g/mol. The van der Waals surface area contributed by atoms with E-state index >= 15 is 0 Å². The molecule has 3 N–H and O–H groups in total. The lowest BCUT2D eigenvalue weighted by Crippen LogP contribution is -2.30. The number of carbonyl (C=O) groups excluding carboxylic acids is 4. The second kappa shape index (κ2) is 68.8. The van der Waals surface area contributed by atoms with E-state index in [2.05, 4.69) is 41.5 Å². The van der Waals surface area contributed by atoms with E-state index in [1.54, 1.807) is 0 Å². The fourth-order valence-corrected chi connectivity index (χ4v) is 13.4. The third-order valence-corrected chi connectivity index (χ3v) is 20.2. The van der Waals surface area contributed by atoms with E-state index in [0.29, 0.717) is 25.7 Å². The zero-order valence-corrected chi connectivity index (χ0v) is 64.5. The maximum Gasteiger partial charge on any atom is 0.472 e. The average molecular weight is 1410 g/mol. The molecule has 3 unspecified atom stereocenters. The molecule has 96 heavy (non-hydrogen) atoms. The van der Waals surface area contributed by atoms with Gasteiger partial charge in [-0.2, -0.15) is 0 Å². The summed E-state index contributed by atoms with van der Waals surface area (Å²) in [4.78, 5) is 72.5. The Hall–Kier alpha value is -1.94. The molecule has 0 heterocycles. The Bertz CT molecular complexity index is 1860. The summed E-state index contributed by atoms with van der Waals surface area (Å²) in [5.41, 5.74) is 0. The third-order valence-electron chi connectivity index (χ3n) is 18.3. The molecule has 17 nitrogen and oxygen atoms in total. The molecule has 0 aromatic carbocycles. The van der Waals surface area contributed by atoms with E-state index in [0.717, 1.165) is 108 Å². The number of aliphatic hydroxyl groups excluding tert-OH is 1. The van der Waals surface area contributed by atoms with Crippen molar-refractivity contribution >= 4 is 39.5 Å². The van der Waals surface area contributed by atoms with Crippen molar-refractivity contribution in [2.24, 2.45) is 11.8 Å².